The molecule has 0 saturated carbocycles. The van der Waals surface area contributed by atoms with Crippen molar-refractivity contribution >= 4 is 21.7 Å². The minimum Gasteiger partial charge on any atom is -0.384 e. The summed E-state index contributed by atoms with van der Waals surface area (Å²) < 4.78 is 1.15. The van der Waals surface area contributed by atoms with Gasteiger partial charge in [0.2, 0.25) is 0 Å². The van der Waals surface area contributed by atoms with E-state index in [9.17, 15) is 0 Å². The maximum Gasteiger partial charge on any atom is 0.123 e. The van der Waals surface area contributed by atoms with Crippen molar-refractivity contribution < 1.29 is 0 Å². The van der Waals surface area contributed by atoms with Crippen molar-refractivity contribution in [3.63, 3.8) is 0 Å². The first-order valence-corrected chi connectivity index (χ1v) is 6.57. The van der Waals surface area contributed by atoms with Gasteiger partial charge in [0.15, 0.2) is 0 Å². The van der Waals surface area contributed by atoms with Gasteiger partial charge in [0.1, 0.15) is 5.82 Å². The molecule has 0 spiro atoms. The highest BCUT2D eigenvalue weighted by Crippen LogP contribution is 2.18. The summed E-state index contributed by atoms with van der Waals surface area (Å²) in [5.41, 5.74) is 8.02. The zero-order chi connectivity index (χ0) is 13.0. The monoisotopic (exact) mass is 305 g/mol. The second-order valence-corrected chi connectivity index (χ2v) is 5.21. The second-order valence-electron chi connectivity index (χ2n) is 4.36. The molecule has 0 radical (unpaired) electrons. The highest BCUT2D eigenvalue weighted by atomic mass is 79.9. The Hall–Kier alpha value is -1.39. The molecule has 3 nitrogen and oxygen atoms in total. The highest BCUT2D eigenvalue weighted by molar-refractivity contribution is 9.10. The first-order valence-electron chi connectivity index (χ1n) is 5.77. The Morgan fingerprint density at radius 3 is 2.61 bits per heavy atom. The van der Waals surface area contributed by atoms with Crippen LogP contribution in [0.15, 0.2) is 47.1 Å². The third kappa shape index (κ3) is 3.55. The van der Waals surface area contributed by atoms with Gasteiger partial charge in [0.05, 0.1) is 0 Å². The van der Waals surface area contributed by atoms with Crippen LogP contribution >= 0.6 is 15.9 Å². The predicted molar refractivity (Wildman–Crippen MR) is 78.0 cm³/mol. The lowest BCUT2D eigenvalue weighted by Crippen LogP contribution is -2.17. The van der Waals surface area contributed by atoms with E-state index in [1.165, 1.54) is 11.1 Å². The summed E-state index contributed by atoms with van der Waals surface area (Å²) in [6.07, 6.45) is 1.83. The molecule has 0 aliphatic rings. The molecule has 0 aliphatic heterocycles. The number of anilines is 1. The second kappa shape index (κ2) is 5.98. The minimum atomic E-state index is 0.562. The molecule has 4 heteroatoms. The first-order chi connectivity index (χ1) is 8.65. The molecule has 2 N–H and O–H groups in total. The average Bonchev–Trinajstić information content (AvgIpc) is 2.35. The zero-order valence-corrected chi connectivity index (χ0v) is 11.9. The molecule has 0 atom stereocenters. The molecule has 0 aliphatic carbocycles. The Morgan fingerprint density at radius 2 is 1.94 bits per heavy atom. The average molecular weight is 306 g/mol. The minimum absolute atomic E-state index is 0.562. The number of nitrogens with zero attached hydrogens (tertiary/aromatic N) is 2. The van der Waals surface area contributed by atoms with Crippen LogP contribution in [0.3, 0.4) is 0 Å². The Balaban J connectivity index is 1.99. The van der Waals surface area contributed by atoms with E-state index in [1.807, 2.05) is 24.4 Å². The Kier molecular flexibility index (Phi) is 4.33. The van der Waals surface area contributed by atoms with E-state index in [4.69, 9.17) is 5.73 Å². The Labute approximate surface area is 116 Å². The van der Waals surface area contributed by atoms with Gasteiger partial charge in [-0.2, -0.15) is 0 Å². The maximum absolute atomic E-state index is 5.57. The van der Waals surface area contributed by atoms with Crippen molar-refractivity contribution in [1.29, 1.82) is 0 Å². The summed E-state index contributed by atoms with van der Waals surface area (Å²) in [5.74, 6) is 0.562. The summed E-state index contributed by atoms with van der Waals surface area (Å²) in [6.45, 7) is 1.75. The van der Waals surface area contributed by atoms with Crippen molar-refractivity contribution in [2.24, 2.45) is 0 Å². The standard InChI is InChI=1S/C14H16BrN3/c1-18(9-11-6-7-14(16)17-8-11)10-12-4-2-3-5-13(12)15/h2-8H,9-10H2,1H3,(H2,16,17). The third-order valence-electron chi connectivity index (χ3n) is 2.70. The highest BCUT2D eigenvalue weighted by Gasteiger charge is 2.04. The fraction of sp³-hybridized carbons (Fsp3) is 0.214. The number of pyridine rings is 1. The SMILES string of the molecule is CN(Cc1ccc(N)nc1)Cc1ccccc1Br. The number of halogens is 1. The zero-order valence-electron chi connectivity index (χ0n) is 10.3. The van der Waals surface area contributed by atoms with E-state index < -0.39 is 0 Å². The molecule has 0 saturated heterocycles. The predicted octanol–water partition coefficient (Wildman–Crippen LogP) is 3.06. The van der Waals surface area contributed by atoms with Gasteiger partial charge in [-0.05, 0) is 30.3 Å². The number of nitrogen functional groups attached to an aromatic ring is 1. The van der Waals surface area contributed by atoms with E-state index in [2.05, 4.69) is 51.1 Å². The summed E-state index contributed by atoms with van der Waals surface area (Å²) in [7, 11) is 2.09. The van der Waals surface area contributed by atoms with Crippen LogP contribution in [0, 0.1) is 0 Å². The number of aromatic nitrogens is 1. The molecular formula is C14H16BrN3. The normalized spacial score (nSPS) is 10.8. The van der Waals surface area contributed by atoms with Gasteiger partial charge in [-0.3, -0.25) is 4.90 Å². The molecule has 1 aromatic carbocycles. The van der Waals surface area contributed by atoms with Crippen LogP contribution in [0.4, 0.5) is 5.82 Å². The van der Waals surface area contributed by atoms with E-state index in [0.29, 0.717) is 5.82 Å². The first kappa shape index (κ1) is 13.1. The lowest BCUT2D eigenvalue weighted by Gasteiger charge is -2.17. The molecule has 1 heterocycles. The van der Waals surface area contributed by atoms with Gasteiger partial charge in [-0.1, -0.05) is 40.2 Å². The van der Waals surface area contributed by atoms with Gasteiger partial charge in [0.25, 0.3) is 0 Å². The van der Waals surface area contributed by atoms with Gasteiger partial charge in [-0.15, -0.1) is 0 Å². The lowest BCUT2D eigenvalue weighted by molar-refractivity contribution is 0.318. The van der Waals surface area contributed by atoms with Crippen LogP contribution in [0.5, 0.6) is 0 Å². The molecule has 0 fully saturated rings. The van der Waals surface area contributed by atoms with Gasteiger partial charge in [-0.25, -0.2) is 4.98 Å². The number of benzene rings is 1. The summed E-state index contributed by atoms with van der Waals surface area (Å²) in [6, 6.07) is 12.1. The topological polar surface area (TPSA) is 42.1 Å². The van der Waals surface area contributed by atoms with E-state index in [1.54, 1.807) is 0 Å². The molecule has 0 unspecified atom stereocenters. The van der Waals surface area contributed by atoms with E-state index in [0.717, 1.165) is 17.6 Å². The van der Waals surface area contributed by atoms with E-state index in [-0.39, 0.29) is 0 Å². The maximum atomic E-state index is 5.57. The number of hydrogen-bond donors (Lipinski definition) is 1. The van der Waals surface area contributed by atoms with Crippen LogP contribution in [-0.2, 0) is 13.1 Å². The van der Waals surface area contributed by atoms with E-state index >= 15 is 0 Å². The van der Waals surface area contributed by atoms with Crippen molar-refractivity contribution in [2.45, 2.75) is 13.1 Å². The van der Waals surface area contributed by atoms with Gasteiger partial charge >= 0.3 is 0 Å². The quantitative estimate of drug-likeness (QED) is 0.944. The molecular weight excluding hydrogens is 290 g/mol. The number of hydrogen-bond acceptors (Lipinski definition) is 3. The molecule has 18 heavy (non-hydrogen) atoms. The lowest BCUT2D eigenvalue weighted by atomic mass is 10.2. The third-order valence-corrected chi connectivity index (χ3v) is 3.47. The molecule has 94 valence electrons. The summed E-state index contributed by atoms with van der Waals surface area (Å²) in [4.78, 5) is 6.34. The van der Waals surface area contributed by atoms with Crippen molar-refractivity contribution in [2.75, 3.05) is 12.8 Å². The Morgan fingerprint density at radius 1 is 1.17 bits per heavy atom. The summed E-state index contributed by atoms with van der Waals surface area (Å²) >= 11 is 3.56. The fourth-order valence-corrected chi connectivity index (χ4v) is 2.22. The van der Waals surface area contributed by atoms with Crippen molar-refractivity contribution in [3.8, 4) is 0 Å². The molecule has 1 aromatic heterocycles. The molecule has 2 rings (SSSR count). The van der Waals surface area contributed by atoms with Gasteiger partial charge < -0.3 is 5.73 Å². The molecule has 0 amide bonds. The van der Waals surface area contributed by atoms with Crippen LogP contribution in [0.25, 0.3) is 0 Å². The largest absolute Gasteiger partial charge is 0.384 e. The van der Waals surface area contributed by atoms with Crippen molar-refractivity contribution in [1.82, 2.24) is 9.88 Å². The summed E-state index contributed by atoms with van der Waals surface area (Å²) in [5, 5.41) is 0. The van der Waals surface area contributed by atoms with Gasteiger partial charge in [0, 0.05) is 23.8 Å². The number of rotatable bonds is 4. The van der Waals surface area contributed by atoms with Crippen LogP contribution in [0.2, 0.25) is 0 Å². The van der Waals surface area contributed by atoms with Crippen molar-refractivity contribution in [3.05, 3.63) is 58.2 Å². The van der Waals surface area contributed by atoms with Crippen LogP contribution < -0.4 is 5.73 Å². The smallest absolute Gasteiger partial charge is 0.123 e. The molecule has 0 bridgehead atoms. The van der Waals surface area contributed by atoms with Crippen LogP contribution in [0.1, 0.15) is 11.1 Å². The fourth-order valence-electron chi connectivity index (χ4n) is 1.81. The Bertz CT molecular complexity index is 511. The number of nitrogens with two attached hydrogens (primary N) is 1. The molecule has 2 aromatic rings. The van der Waals surface area contributed by atoms with Crippen LogP contribution in [-0.4, -0.2) is 16.9 Å².